The molecule has 3 rings (SSSR count). The molecule has 1 saturated heterocycles. The summed E-state index contributed by atoms with van der Waals surface area (Å²) < 4.78 is 0. The quantitative estimate of drug-likeness (QED) is 0.845. The van der Waals surface area contributed by atoms with Crippen LogP contribution in [0.4, 0.5) is 11.5 Å². The largest absolute Gasteiger partial charge is 0.367 e. The monoisotopic (exact) mass is 333 g/mol. The number of piperazine rings is 1. The third-order valence-corrected chi connectivity index (χ3v) is 4.44. The smallest absolute Gasteiger partial charge is 0.183 e. The Morgan fingerprint density at radius 1 is 1.00 bits per heavy atom. The fourth-order valence-electron chi connectivity index (χ4n) is 2.54. The van der Waals surface area contributed by atoms with Gasteiger partial charge in [-0.15, -0.1) is 0 Å². The predicted octanol–water partition coefficient (Wildman–Crippen LogP) is 2.98. The number of benzene rings is 1. The normalized spacial score (nSPS) is 14.8. The van der Waals surface area contributed by atoms with Gasteiger partial charge < -0.3 is 9.80 Å². The lowest BCUT2D eigenvalue weighted by molar-refractivity contribution is 0.645. The zero-order chi connectivity index (χ0) is 15.5. The lowest BCUT2D eigenvalue weighted by atomic mass is 10.2. The number of nitrogens with zero attached hydrogens (tertiary/aromatic N) is 5. The first-order valence-electron chi connectivity index (χ1n) is 6.85. The fraction of sp³-hybridized carbons (Fsp3) is 0.267. The molecule has 1 aliphatic rings. The lowest BCUT2D eigenvalue weighted by Crippen LogP contribution is -2.47. The molecular weight excluding hydrogens is 321 g/mol. The number of halogens is 2. The molecule has 0 unspecified atom stereocenters. The zero-order valence-electron chi connectivity index (χ0n) is 11.7. The summed E-state index contributed by atoms with van der Waals surface area (Å²) in [6, 6.07) is 7.73. The minimum absolute atomic E-state index is 0.358. The van der Waals surface area contributed by atoms with E-state index in [1.165, 1.54) is 6.20 Å². The maximum atomic E-state index is 9.12. The van der Waals surface area contributed by atoms with Gasteiger partial charge in [0.25, 0.3) is 0 Å². The number of hydrogen-bond acceptors (Lipinski definition) is 5. The van der Waals surface area contributed by atoms with Crippen molar-refractivity contribution in [2.24, 2.45) is 0 Å². The van der Waals surface area contributed by atoms with Gasteiger partial charge in [-0.3, -0.25) is 0 Å². The van der Waals surface area contributed by atoms with Gasteiger partial charge in [-0.25, -0.2) is 9.97 Å². The fourth-order valence-corrected chi connectivity index (χ4v) is 2.95. The summed E-state index contributed by atoms with van der Waals surface area (Å²) in [7, 11) is 0. The first kappa shape index (κ1) is 14.9. The molecule has 5 nitrogen and oxygen atoms in total. The van der Waals surface area contributed by atoms with Gasteiger partial charge in [0, 0.05) is 38.6 Å². The molecule has 1 aliphatic heterocycles. The Balaban J connectivity index is 1.76. The summed E-state index contributed by atoms with van der Waals surface area (Å²) >= 11 is 12.3. The summed E-state index contributed by atoms with van der Waals surface area (Å²) in [5.74, 6) is 0.641. The number of hydrogen-bond donors (Lipinski definition) is 0. The molecule has 0 aliphatic carbocycles. The summed E-state index contributed by atoms with van der Waals surface area (Å²) in [5, 5.41) is 10.3. The van der Waals surface area contributed by atoms with E-state index in [0.717, 1.165) is 31.9 Å². The van der Waals surface area contributed by atoms with Crippen molar-refractivity contribution in [3.63, 3.8) is 0 Å². The van der Waals surface area contributed by atoms with Gasteiger partial charge in [-0.2, -0.15) is 5.26 Å². The predicted molar refractivity (Wildman–Crippen MR) is 87.6 cm³/mol. The minimum atomic E-state index is 0.358. The second kappa shape index (κ2) is 6.39. The maximum absolute atomic E-state index is 9.12. The SMILES string of the molecule is N#Cc1nccnc1N1CCN(c2cccc(Cl)c2Cl)CC1. The summed E-state index contributed by atoms with van der Waals surface area (Å²) in [6.07, 6.45) is 3.14. The van der Waals surface area contributed by atoms with Crippen molar-refractivity contribution >= 4 is 34.7 Å². The number of rotatable bonds is 2. The van der Waals surface area contributed by atoms with Gasteiger partial charge in [-0.1, -0.05) is 29.3 Å². The second-order valence-corrected chi connectivity index (χ2v) is 5.67. The van der Waals surface area contributed by atoms with Crippen molar-refractivity contribution in [1.29, 1.82) is 5.26 Å². The van der Waals surface area contributed by atoms with Crippen molar-refractivity contribution in [1.82, 2.24) is 9.97 Å². The summed E-state index contributed by atoms with van der Waals surface area (Å²) in [6.45, 7) is 3.05. The van der Waals surface area contributed by atoms with Crippen molar-refractivity contribution < 1.29 is 0 Å². The molecule has 0 atom stereocenters. The Kier molecular flexibility index (Phi) is 4.32. The van der Waals surface area contributed by atoms with Crippen LogP contribution >= 0.6 is 23.2 Å². The molecule has 7 heteroatoms. The summed E-state index contributed by atoms with van der Waals surface area (Å²) in [5.41, 5.74) is 1.30. The molecule has 0 radical (unpaired) electrons. The van der Waals surface area contributed by atoms with Crippen molar-refractivity contribution in [2.75, 3.05) is 36.0 Å². The average Bonchev–Trinajstić information content (AvgIpc) is 2.57. The molecule has 0 spiro atoms. The molecule has 22 heavy (non-hydrogen) atoms. The molecule has 0 bridgehead atoms. The Morgan fingerprint density at radius 3 is 2.41 bits per heavy atom. The van der Waals surface area contributed by atoms with Crippen LogP contribution in [0.25, 0.3) is 0 Å². The van der Waals surface area contributed by atoms with Crippen LogP contribution in [0.3, 0.4) is 0 Å². The topological polar surface area (TPSA) is 56.1 Å². The number of aromatic nitrogens is 2. The third-order valence-electron chi connectivity index (χ3n) is 3.64. The van der Waals surface area contributed by atoms with E-state index in [9.17, 15) is 0 Å². The Hall–Kier alpha value is -2.03. The highest BCUT2D eigenvalue weighted by atomic mass is 35.5. The molecule has 0 amide bonds. The zero-order valence-corrected chi connectivity index (χ0v) is 13.2. The molecule has 112 valence electrons. The molecule has 2 aromatic rings. The Bertz CT molecular complexity index is 720. The van der Waals surface area contributed by atoms with Gasteiger partial charge in [0.1, 0.15) is 6.07 Å². The van der Waals surface area contributed by atoms with E-state index in [1.54, 1.807) is 12.3 Å². The molecule has 0 N–H and O–H groups in total. The average molecular weight is 334 g/mol. The van der Waals surface area contributed by atoms with Gasteiger partial charge >= 0.3 is 0 Å². The molecule has 2 heterocycles. The van der Waals surface area contributed by atoms with Crippen LogP contribution < -0.4 is 9.80 Å². The van der Waals surface area contributed by atoms with Crippen molar-refractivity contribution in [3.05, 3.63) is 46.3 Å². The summed E-state index contributed by atoms with van der Waals surface area (Å²) in [4.78, 5) is 12.6. The molecule has 1 aromatic heterocycles. The van der Waals surface area contributed by atoms with E-state index in [-0.39, 0.29) is 0 Å². The highest BCUT2D eigenvalue weighted by molar-refractivity contribution is 6.43. The van der Waals surface area contributed by atoms with E-state index in [1.807, 2.05) is 12.1 Å². The van der Waals surface area contributed by atoms with Crippen LogP contribution in [0.2, 0.25) is 10.0 Å². The van der Waals surface area contributed by atoms with Crippen LogP contribution in [0, 0.1) is 11.3 Å². The highest BCUT2D eigenvalue weighted by Gasteiger charge is 2.22. The van der Waals surface area contributed by atoms with E-state index in [2.05, 4.69) is 25.8 Å². The van der Waals surface area contributed by atoms with E-state index in [4.69, 9.17) is 28.5 Å². The first-order chi connectivity index (χ1) is 10.7. The third kappa shape index (κ3) is 2.80. The van der Waals surface area contributed by atoms with Crippen LogP contribution in [0.5, 0.6) is 0 Å². The number of nitriles is 1. The molecular formula is C15H13Cl2N5. The molecule has 1 aromatic carbocycles. The first-order valence-corrected chi connectivity index (χ1v) is 7.61. The maximum Gasteiger partial charge on any atom is 0.183 e. The van der Waals surface area contributed by atoms with E-state index in [0.29, 0.717) is 21.6 Å². The lowest BCUT2D eigenvalue weighted by Gasteiger charge is -2.37. The van der Waals surface area contributed by atoms with E-state index < -0.39 is 0 Å². The Morgan fingerprint density at radius 2 is 1.68 bits per heavy atom. The number of anilines is 2. The van der Waals surface area contributed by atoms with Gasteiger partial charge in [0.15, 0.2) is 11.5 Å². The van der Waals surface area contributed by atoms with Gasteiger partial charge in [0.2, 0.25) is 0 Å². The standard InChI is InChI=1S/C15H13Cl2N5/c16-11-2-1-3-13(14(11)17)21-6-8-22(9-7-21)15-12(10-18)19-4-5-20-15/h1-5H,6-9H2. The molecule has 0 saturated carbocycles. The molecule has 1 fully saturated rings. The van der Waals surface area contributed by atoms with Gasteiger partial charge in [-0.05, 0) is 12.1 Å². The van der Waals surface area contributed by atoms with Crippen molar-refractivity contribution in [3.8, 4) is 6.07 Å². The Labute approximate surface area is 138 Å². The van der Waals surface area contributed by atoms with Crippen molar-refractivity contribution in [2.45, 2.75) is 0 Å². The minimum Gasteiger partial charge on any atom is -0.367 e. The van der Waals surface area contributed by atoms with Crippen LogP contribution in [0.1, 0.15) is 5.69 Å². The van der Waals surface area contributed by atoms with Crippen LogP contribution in [-0.4, -0.2) is 36.1 Å². The second-order valence-electron chi connectivity index (χ2n) is 4.89. The highest BCUT2D eigenvalue weighted by Crippen LogP contribution is 2.33. The van der Waals surface area contributed by atoms with Gasteiger partial charge in [0.05, 0.1) is 15.7 Å². The van der Waals surface area contributed by atoms with Crippen LogP contribution in [-0.2, 0) is 0 Å². The van der Waals surface area contributed by atoms with Crippen LogP contribution in [0.15, 0.2) is 30.6 Å². The van der Waals surface area contributed by atoms with E-state index >= 15 is 0 Å².